The fourth-order valence-corrected chi connectivity index (χ4v) is 5.99. The van der Waals surface area contributed by atoms with Crippen molar-refractivity contribution in [2.45, 2.75) is 56.8 Å². The largest absolute Gasteiger partial charge is 0.339 e. The van der Waals surface area contributed by atoms with Gasteiger partial charge in [-0.25, -0.2) is 0 Å². The first kappa shape index (κ1) is 16.0. The maximum Gasteiger partial charge on any atom is 0.269 e. The molecule has 6 nitrogen and oxygen atoms in total. The van der Waals surface area contributed by atoms with Gasteiger partial charge in [-0.2, -0.15) is 4.98 Å². The number of aryl methyl sites for hydroxylation is 2. The summed E-state index contributed by atoms with van der Waals surface area (Å²) >= 11 is 0. The number of aromatic nitrogens is 2. The van der Waals surface area contributed by atoms with Gasteiger partial charge in [0.1, 0.15) is 0 Å². The van der Waals surface area contributed by atoms with Crippen molar-refractivity contribution >= 4 is 5.69 Å². The van der Waals surface area contributed by atoms with E-state index in [0.717, 1.165) is 35.6 Å². The molecule has 0 N–H and O–H groups in total. The van der Waals surface area contributed by atoms with Gasteiger partial charge in [-0.15, -0.1) is 0 Å². The van der Waals surface area contributed by atoms with Gasteiger partial charge in [0.15, 0.2) is 5.82 Å². The van der Waals surface area contributed by atoms with Gasteiger partial charge in [0, 0.05) is 24.0 Å². The van der Waals surface area contributed by atoms with Gasteiger partial charge in [-0.05, 0) is 68.3 Å². The van der Waals surface area contributed by atoms with E-state index >= 15 is 0 Å². The molecule has 1 aromatic heterocycles. The molecule has 0 aliphatic heterocycles. The van der Waals surface area contributed by atoms with Gasteiger partial charge in [-0.3, -0.25) is 10.1 Å². The third-order valence-corrected chi connectivity index (χ3v) is 6.76. The number of nitro groups is 1. The number of rotatable bonds is 5. The highest BCUT2D eigenvalue weighted by Gasteiger charge is 2.53. The Hall–Kier alpha value is -2.24. The van der Waals surface area contributed by atoms with Gasteiger partial charge >= 0.3 is 0 Å². The van der Waals surface area contributed by atoms with E-state index < -0.39 is 0 Å². The van der Waals surface area contributed by atoms with Crippen molar-refractivity contribution in [2.24, 2.45) is 17.8 Å². The van der Waals surface area contributed by atoms with Crippen LogP contribution in [-0.4, -0.2) is 15.1 Å². The standard InChI is InChI=1S/C20H23N3O3/c24-23(25)17-4-1-13(2-5-17)3-6-18-21-19(22-26-18)20-10-14-7-15(11-20)9-16(8-14)12-20/h1-2,4-5,14-16H,3,6-12H2. The Morgan fingerprint density at radius 1 is 1.04 bits per heavy atom. The molecule has 2 aromatic rings. The second-order valence-electron chi connectivity index (χ2n) is 8.63. The van der Waals surface area contributed by atoms with Crippen molar-refractivity contribution in [3.63, 3.8) is 0 Å². The van der Waals surface area contributed by atoms with Crippen LogP contribution in [0.1, 0.15) is 55.8 Å². The first-order chi connectivity index (χ1) is 12.6. The van der Waals surface area contributed by atoms with Gasteiger partial charge < -0.3 is 4.52 Å². The molecule has 0 atom stereocenters. The second kappa shape index (κ2) is 5.89. The van der Waals surface area contributed by atoms with Crippen molar-refractivity contribution in [3.05, 3.63) is 51.7 Å². The molecule has 0 saturated heterocycles. The normalized spacial score (nSPS) is 32.1. The quantitative estimate of drug-likeness (QED) is 0.593. The van der Waals surface area contributed by atoms with E-state index in [1.54, 1.807) is 24.3 Å². The van der Waals surface area contributed by atoms with Gasteiger partial charge in [0.2, 0.25) is 5.89 Å². The lowest BCUT2D eigenvalue weighted by molar-refractivity contribution is -0.384. The Morgan fingerprint density at radius 2 is 1.65 bits per heavy atom. The number of hydrogen-bond donors (Lipinski definition) is 0. The Balaban J connectivity index is 1.28. The van der Waals surface area contributed by atoms with E-state index in [-0.39, 0.29) is 16.0 Å². The maximum atomic E-state index is 10.7. The fourth-order valence-electron chi connectivity index (χ4n) is 5.99. The Kier molecular flexibility index (Phi) is 3.62. The van der Waals surface area contributed by atoms with Gasteiger partial charge in [0.05, 0.1) is 4.92 Å². The molecule has 0 spiro atoms. The Bertz CT molecular complexity index is 792. The summed E-state index contributed by atoms with van der Waals surface area (Å²) in [6, 6.07) is 6.69. The van der Waals surface area contributed by atoms with Crippen LogP contribution in [0, 0.1) is 27.9 Å². The summed E-state index contributed by atoms with van der Waals surface area (Å²) in [4.78, 5) is 15.1. The number of non-ortho nitro benzene ring substituents is 1. The van der Waals surface area contributed by atoms with Crippen LogP contribution in [-0.2, 0) is 18.3 Å². The van der Waals surface area contributed by atoms with Gasteiger partial charge in [-0.1, -0.05) is 17.3 Å². The minimum Gasteiger partial charge on any atom is -0.339 e. The molecule has 4 aliphatic carbocycles. The molecule has 4 fully saturated rings. The van der Waals surface area contributed by atoms with Crippen LogP contribution >= 0.6 is 0 Å². The van der Waals surface area contributed by atoms with Crippen molar-refractivity contribution in [3.8, 4) is 0 Å². The molecule has 6 rings (SSSR count). The topological polar surface area (TPSA) is 82.1 Å². The van der Waals surface area contributed by atoms with Crippen LogP contribution in [0.4, 0.5) is 5.69 Å². The minimum atomic E-state index is -0.375. The summed E-state index contributed by atoms with van der Waals surface area (Å²) in [7, 11) is 0. The lowest BCUT2D eigenvalue weighted by Crippen LogP contribution is -2.49. The molecule has 4 aliphatic rings. The van der Waals surface area contributed by atoms with Crippen LogP contribution in [0.15, 0.2) is 28.8 Å². The monoisotopic (exact) mass is 353 g/mol. The lowest BCUT2D eigenvalue weighted by Gasteiger charge is -2.55. The van der Waals surface area contributed by atoms with E-state index in [0.29, 0.717) is 12.3 Å². The van der Waals surface area contributed by atoms with Crippen LogP contribution in [0.5, 0.6) is 0 Å². The van der Waals surface area contributed by atoms with Crippen molar-refractivity contribution in [1.82, 2.24) is 10.1 Å². The van der Waals surface area contributed by atoms with Crippen molar-refractivity contribution < 1.29 is 9.45 Å². The highest BCUT2D eigenvalue weighted by Crippen LogP contribution is 2.60. The highest BCUT2D eigenvalue weighted by molar-refractivity contribution is 5.33. The summed E-state index contributed by atoms with van der Waals surface area (Å²) in [6.07, 6.45) is 9.36. The molecule has 4 bridgehead atoms. The molecule has 0 radical (unpaired) electrons. The first-order valence-electron chi connectivity index (χ1n) is 9.66. The molecule has 1 heterocycles. The van der Waals surface area contributed by atoms with E-state index in [1.165, 1.54) is 38.5 Å². The summed E-state index contributed by atoms with van der Waals surface area (Å²) in [5.41, 5.74) is 1.34. The third-order valence-electron chi connectivity index (χ3n) is 6.76. The van der Waals surface area contributed by atoms with Crippen molar-refractivity contribution in [1.29, 1.82) is 0 Å². The number of nitrogens with zero attached hydrogens (tertiary/aromatic N) is 3. The van der Waals surface area contributed by atoms with Crippen molar-refractivity contribution in [2.75, 3.05) is 0 Å². The molecule has 4 saturated carbocycles. The summed E-state index contributed by atoms with van der Waals surface area (Å²) < 4.78 is 5.57. The number of benzene rings is 1. The zero-order valence-corrected chi connectivity index (χ0v) is 14.8. The summed E-state index contributed by atoms with van der Waals surface area (Å²) in [5.74, 6) is 4.22. The average Bonchev–Trinajstić information content (AvgIpc) is 3.09. The maximum absolute atomic E-state index is 10.7. The molecule has 136 valence electrons. The minimum absolute atomic E-state index is 0.121. The number of hydrogen-bond acceptors (Lipinski definition) is 5. The highest BCUT2D eigenvalue weighted by atomic mass is 16.6. The summed E-state index contributed by atoms with van der Waals surface area (Å²) in [6.45, 7) is 0. The molecular formula is C20H23N3O3. The smallest absolute Gasteiger partial charge is 0.269 e. The second-order valence-corrected chi connectivity index (χ2v) is 8.63. The predicted molar refractivity (Wildman–Crippen MR) is 94.7 cm³/mol. The zero-order valence-electron chi connectivity index (χ0n) is 14.8. The Labute approximate surface area is 152 Å². The van der Waals surface area contributed by atoms with E-state index in [2.05, 4.69) is 5.16 Å². The zero-order chi connectivity index (χ0) is 17.7. The van der Waals surface area contributed by atoms with Crippen LogP contribution in [0.25, 0.3) is 0 Å². The lowest BCUT2D eigenvalue weighted by atomic mass is 9.49. The molecule has 0 unspecified atom stereocenters. The van der Waals surface area contributed by atoms with E-state index in [4.69, 9.17) is 9.51 Å². The van der Waals surface area contributed by atoms with Crippen LogP contribution in [0.3, 0.4) is 0 Å². The fraction of sp³-hybridized carbons (Fsp3) is 0.600. The Morgan fingerprint density at radius 3 is 2.23 bits per heavy atom. The summed E-state index contributed by atoms with van der Waals surface area (Å²) in [5, 5.41) is 15.1. The van der Waals surface area contributed by atoms with Crippen LogP contribution < -0.4 is 0 Å². The van der Waals surface area contributed by atoms with Crippen LogP contribution in [0.2, 0.25) is 0 Å². The first-order valence-corrected chi connectivity index (χ1v) is 9.66. The van der Waals surface area contributed by atoms with E-state index in [1.807, 2.05) is 0 Å². The van der Waals surface area contributed by atoms with Gasteiger partial charge in [0.25, 0.3) is 5.69 Å². The molecule has 0 amide bonds. The predicted octanol–water partition coefficient (Wildman–Crippen LogP) is 4.23. The molecule has 1 aromatic carbocycles. The number of nitro benzene ring substituents is 1. The SMILES string of the molecule is O=[N+]([O-])c1ccc(CCc2nc(C34CC5CC(CC(C5)C3)C4)no2)cc1. The third kappa shape index (κ3) is 2.72. The molecule has 6 heteroatoms. The molecule has 26 heavy (non-hydrogen) atoms. The molecular weight excluding hydrogens is 330 g/mol. The van der Waals surface area contributed by atoms with E-state index in [9.17, 15) is 10.1 Å². The average molecular weight is 353 g/mol.